The fraction of sp³-hybridized carbons (Fsp3) is 0.0400. The van der Waals surface area contributed by atoms with E-state index in [1.54, 1.807) is 0 Å². The summed E-state index contributed by atoms with van der Waals surface area (Å²) in [7, 11) is 0. The van der Waals surface area contributed by atoms with E-state index in [4.69, 9.17) is 0 Å². The van der Waals surface area contributed by atoms with Crippen molar-refractivity contribution in [2.24, 2.45) is 0 Å². The first-order valence-electron chi connectivity index (χ1n) is 17.8. The van der Waals surface area contributed by atoms with E-state index in [9.17, 15) is 0 Å². The Morgan fingerprint density at radius 2 is 0.980 bits per heavy atom. The van der Waals surface area contributed by atoms with Crippen molar-refractivity contribution in [2.75, 3.05) is 0 Å². The molecule has 0 amide bonds. The molecule has 0 bridgehead atoms. The number of fused-ring (bicyclic) bond motifs is 6. The fourth-order valence-corrected chi connectivity index (χ4v) is 9.34. The zero-order chi connectivity index (χ0) is 33.7. The van der Waals surface area contributed by atoms with Crippen LogP contribution in [0.5, 0.6) is 0 Å². The molecule has 0 fully saturated rings. The van der Waals surface area contributed by atoms with Crippen LogP contribution >= 0.6 is 11.3 Å². The predicted octanol–water partition coefficient (Wildman–Crippen LogP) is 14.2. The minimum atomic E-state index is 0.370. The van der Waals surface area contributed by atoms with E-state index in [-0.39, 0.29) is 0 Å². The van der Waals surface area contributed by atoms with Crippen molar-refractivity contribution in [2.45, 2.75) is 12.3 Å². The van der Waals surface area contributed by atoms with E-state index in [0.717, 1.165) is 6.42 Å². The van der Waals surface area contributed by atoms with Gasteiger partial charge < -0.3 is 0 Å². The second kappa shape index (κ2) is 12.4. The Balaban J connectivity index is 1.24. The monoisotopic (exact) mass is 666 g/mol. The Morgan fingerprint density at radius 3 is 1.71 bits per heavy atom. The van der Waals surface area contributed by atoms with E-state index >= 15 is 0 Å². The number of hydrogen-bond acceptors (Lipinski definition) is 1. The highest BCUT2D eigenvalue weighted by molar-refractivity contribution is 7.20. The molecule has 51 heavy (non-hydrogen) atoms. The zero-order valence-electron chi connectivity index (χ0n) is 28.1. The van der Waals surface area contributed by atoms with E-state index < -0.39 is 0 Å². The summed E-state index contributed by atoms with van der Waals surface area (Å²) in [4.78, 5) is 1.38. The van der Waals surface area contributed by atoms with Gasteiger partial charge in [0.2, 0.25) is 0 Å². The summed E-state index contributed by atoms with van der Waals surface area (Å²) in [6.45, 7) is 0. The van der Waals surface area contributed by atoms with Gasteiger partial charge in [-0.3, -0.25) is 0 Å². The highest BCUT2D eigenvalue weighted by atomic mass is 32.1. The molecule has 0 N–H and O–H groups in total. The predicted molar refractivity (Wildman–Crippen MR) is 221 cm³/mol. The Bertz CT molecular complexity index is 2750. The first-order chi connectivity index (χ1) is 25.3. The molecule has 1 aromatic heterocycles. The smallest absolute Gasteiger partial charge is 0.0430 e. The normalized spacial score (nSPS) is 13.9. The highest BCUT2D eigenvalue weighted by Crippen LogP contribution is 2.47. The molecule has 1 aliphatic carbocycles. The lowest BCUT2D eigenvalue weighted by molar-refractivity contribution is 0.837. The molecule has 1 heterocycles. The van der Waals surface area contributed by atoms with Gasteiger partial charge in [-0.2, -0.15) is 0 Å². The SMILES string of the molecule is C1=CC(c2ccccc2)Cc2c1sc1c(-c3cc(-c4ccccc4)cc(-c4cc5ccccc5c5ccccc45)c3)cc(-c3ccccc3)cc21. The summed E-state index contributed by atoms with van der Waals surface area (Å²) in [5.74, 6) is 0.370. The van der Waals surface area contributed by atoms with Crippen molar-refractivity contribution in [1.82, 2.24) is 0 Å². The maximum Gasteiger partial charge on any atom is 0.0430 e. The van der Waals surface area contributed by atoms with Gasteiger partial charge in [-0.25, -0.2) is 0 Å². The standard InChI is InChI=1S/C50H34S/c1-4-14-33(15-5-1)36-24-25-49-47(29-36)48-32-39(35-18-8-3-9-19-35)31-46(50(48)51-49)41-27-38(34-16-6-2-7-17-34)26-40(28-41)45-30-37-20-10-11-21-42(37)43-22-12-13-23-44(43)45/h1-28,30-32,36H,29H2. The topological polar surface area (TPSA) is 0 Å². The average molecular weight is 667 g/mol. The van der Waals surface area contributed by atoms with Gasteiger partial charge in [-0.15, -0.1) is 11.3 Å². The van der Waals surface area contributed by atoms with E-state index in [2.05, 4.69) is 188 Å². The average Bonchev–Trinajstić information content (AvgIpc) is 3.59. The molecular formula is C50H34S. The Morgan fingerprint density at radius 1 is 0.412 bits per heavy atom. The molecule has 0 radical (unpaired) electrons. The first-order valence-corrected chi connectivity index (χ1v) is 18.6. The van der Waals surface area contributed by atoms with Crippen LogP contribution < -0.4 is 0 Å². The fourth-order valence-electron chi connectivity index (χ4n) is 8.07. The molecule has 0 spiro atoms. The van der Waals surface area contributed by atoms with Crippen LogP contribution in [0.15, 0.2) is 182 Å². The Hall–Kier alpha value is -6.02. The van der Waals surface area contributed by atoms with Gasteiger partial charge in [0.25, 0.3) is 0 Å². The van der Waals surface area contributed by atoms with E-state index in [1.807, 2.05) is 11.3 Å². The summed E-state index contributed by atoms with van der Waals surface area (Å²) < 4.78 is 1.36. The molecule has 0 saturated heterocycles. The molecule has 8 aromatic carbocycles. The summed E-state index contributed by atoms with van der Waals surface area (Å²) in [5.41, 5.74) is 12.8. The lowest BCUT2D eigenvalue weighted by Gasteiger charge is -2.18. The molecule has 1 unspecified atom stereocenters. The first kappa shape index (κ1) is 29.9. The molecule has 10 rings (SSSR count). The molecule has 0 aliphatic heterocycles. The van der Waals surface area contributed by atoms with Crippen LogP contribution in [0.1, 0.15) is 21.9 Å². The largest absolute Gasteiger partial charge is 0.135 e. The summed E-state index contributed by atoms with van der Waals surface area (Å²) in [6.07, 6.45) is 5.79. The number of hydrogen-bond donors (Lipinski definition) is 0. The summed E-state index contributed by atoms with van der Waals surface area (Å²) >= 11 is 1.94. The highest BCUT2D eigenvalue weighted by Gasteiger charge is 2.23. The number of rotatable bonds is 5. The molecule has 1 heteroatoms. The van der Waals surface area contributed by atoms with Crippen LogP contribution in [0.4, 0.5) is 0 Å². The molecule has 0 saturated carbocycles. The van der Waals surface area contributed by atoms with E-state index in [1.165, 1.54) is 92.1 Å². The second-order valence-electron chi connectivity index (χ2n) is 13.6. The number of allylic oxidation sites excluding steroid dienone is 1. The third kappa shape index (κ3) is 5.30. The van der Waals surface area contributed by atoms with Crippen LogP contribution in [0.25, 0.3) is 82.2 Å². The zero-order valence-corrected chi connectivity index (χ0v) is 28.9. The van der Waals surface area contributed by atoms with Gasteiger partial charge in [0.05, 0.1) is 0 Å². The van der Waals surface area contributed by atoms with Gasteiger partial charge in [-0.1, -0.05) is 146 Å². The van der Waals surface area contributed by atoms with Crippen molar-refractivity contribution >= 4 is 49.0 Å². The lowest BCUT2D eigenvalue weighted by Crippen LogP contribution is -2.03. The second-order valence-corrected chi connectivity index (χ2v) is 14.7. The van der Waals surface area contributed by atoms with Crippen LogP contribution in [0, 0.1) is 0 Å². The Kier molecular flexibility index (Phi) is 7.25. The lowest BCUT2D eigenvalue weighted by atomic mass is 9.85. The van der Waals surface area contributed by atoms with Crippen LogP contribution in [0.3, 0.4) is 0 Å². The van der Waals surface area contributed by atoms with E-state index in [0.29, 0.717) is 5.92 Å². The molecule has 9 aromatic rings. The van der Waals surface area contributed by atoms with Crippen molar-refractivity contribution in [3.8, 4) is 44.5 Å². The van der Waals surface area contributed by atoms with Gasteiger partial charge in [0, 0.05) is 21.1 Å². The van der Waals surface area contributed by atoms with Crippen molar-refractivity contribution in [1.29, 1.82) is 0 Å². The van der Waals surface area contributed by atoms with Gasteiger partial charge in [0.1, 0.15) is 0 Å². The molecule has 1 atom stereocenters. The van der Waals surface area contributed by atoms with Crippen LogP contribution in [-0.2, 0) is 6.42 Å². The molecule has 0 nitrogen and oxygen atoms in total. The van der Waals surface area contributed by atoms with Crippen LogP contribution in [-0.4, -0.2) is 0 Å². The number of benzene rings is 8. The van der Waals surface area contributed by atoms with Crippen molar-refractivity contribution in [3.63, 3.8) is 0 Å². The summed E-state index contributed by atoms with van der Waals surface area (Å²) in [5, 5.41) is 6.49. The van der Waals surface area contributed by atoms with Crippen LogP contribution in [0.2, 0.25) is 0 Å². The summed E-state index contributed by atoms with van der Waals surface area (Å²) in [6, 6.07) is 64.9. The Labute approximate surface area is 302 Å². The van der Waals surface area contributed by atoms with Gasteiger partial charge >= 0.3 is 0 Å². The van der Waals surface area contributed by atoms with Gasteiger partial charge in [0.15, 0.2) is 0 Å². The quantitative estimate of drug-likeness (QED) is 0.160. The third-order valence-electron chi connectivity index (χ3n) is 10.6. The van der Waals surface area contributed by atoms with Gasteiger partial charge in [-0.05, 0) is 126 Å². The number of thiophene rings is 1. The maximum atomic E-state index is 2.45. The van der Waals surface area contributed by atoms with Crippen molar-refractivity contribution < 1.29 is 0 Å². The maximum absolute atomic E-state index is 2.45. The minimum absolute atomic E-state index is 0.370. The molecular weight excluding hydrogens is 633 g/mol. The third-order valence-corrected chi connectivity index (χ3v) is 11.8. The molecule has 1 aliphatic rings. The van der Waals surface area contributed by atoms with Crippen molar-refractivity contribution in [3.05, 3.63) is 198 Å². The molecule has 240 valence electrons. The minimum Gasteiger partial charge on any atom is -0.135 e.